The maximum atomic E-state index is 2.32. The fourth-order valence-corrected chi connectivity index (χ4v) is 5.10. The van der Waals surface area contributed by atoms with Gasteiger partial charge in [0, 0.05) is 15.1 Å². The van der Waals surface area contributed by atoms with Crippen LogP contribution in [0.25, 0.3) is 0 Å². The van der Waals surface area contributed by atoms with Crippen LogP contribution in [0.3, 0.4) is 0 Å². The molecular formula is C20H38SSi. The fraction of sp³-hybridized carbons (Fsp3) is 0.800. The predicted molar refractivity (Wildman–Crippen MR) is 108 cm³/mol. The molecule has 0 radical (unpaired) electrons. The molecule has 0 bridgehead atoms. The second-order valence-corrected chi connectivity index (χ2v) is 8.95. The van der Waals surface area contributed by atoms with Crippen molar-refractivity contribution in [3.05, 3.63) is 16.3 Å². The van der Waals surface area contributed by atoms with Gasteiger partial charge in [-0.1, -0.05) is 102 Å². The van der Waals surface area contributed by atoms with E-state index in [0.29, 0.717) is 0 Å². The summed E-state index contributed by atoms with van der Waals surface area (Å²) in [6.07, 6.45) is 21.7. The topological polar surface area (TPSA) is 0 Å². The van der Waals surface area contributed by atoms with E-state index in [1.807, 2.05) is 11.3 Å². The van der Waals surface area contributed by atoms with Gasteiger partial charge in [-0.3, -0.25) is 0 Å². The van der Waals surface area contributed by atoms with Crippen molar-refractivity contribution < 1.29 is 0 Å². The lowest BCUT2D eigenvalue weighted by molar-refractivity contribution is 0.536. The van der Waals surface area contributed by atoms with Crippen molar-refractivity contribution in [2.75, 3.05) is 0 Å². The maximum Gasteiger partial charge on any atom is 0.0399 e. The van der Waals surface area contributed by atoms with E-state index in [1.165, 1.54) is 107 Å². The summed E-state index contributed by atoms with van der Waals surface area (Å²) in [4.78, 5) is 1.67. The first-order valence-electron chi connectivity index (χ1n) is 9.87. The van der Waals surface area contributed by atoms with Crippen LogP contribution in [0.5, 0.6) is 0 Å². The van der Waals surface area contributed by atoms with E-state index in [9.17, 15) is 0 Å². The highest BCUT2D eigenvalue weighted by molar-refractivity contribution is 7.11. The number of rotatable bonds is 15. The first-order valence-corrected chi connectivity index (χ1v) is 11.8. The molecule has 0 aliphatic heterocycles. The lowest BCUT2D eigenvalue weighted by Gasteiger charge is -2.03. The highest BCUT2D eigenvalue weighted by atomic mass is 32.1. The zero-order chi connectivity index (χ0) is 15.9. The molecule has 1 heterocycles. The van der Waals surface area contributed by atoms with Crippen LogP contribution in [0.1, 0.15) is 102 Å². The lowest BCUT2D eigenvalue weighted by atomic mass is 10.0. The Balaban J connectivity index is 1.74. The minimum Gasteiger partial charge on any atom is -0.149 e. The van der Waals surface area contributed by atoms with Crippen LogP contribution >= 0.6 is 11.3 Å². The van der Waals surface area contributed by atoms with Crippen LogP contribution in [0.2, 0.25) is 0 Å². The third-order valence-corrected chi connectivity index (χ3v) is 7.11. The van der Waals surface area contributed by atoms with Gasteiger partial charge in [0.1, 0.15) is 0 Å². The van der Waals surface area contributed by atoms with Crippen molar-refractivity contribution in [2.45, 2.75) is 103 Å². The molecular weight excluding hydrogens is 300 g/mol. The Morgan fingerprint density at radius 3 is 1.59 bits per heavy atom. The fourth-order valence-electron chi connectivity index (χ4n) is 3.14. The van der Waals surface area contributed by atoms with E-state index >= 15 is 0 Å². The number of aryl methyl sites for hydroxylation is 1. The molecule has 0 saturated carbocycles. The van der Waals surface area contributed by atoms with E-state index in [4.69, 9.17) is 0 Å². The summed E-state index contributed by atoms with van der Waals surface area (Å²) in [5.74, 6) is 0. The predicted octanol–water partition coefficient (Wildman–Crippen LogP) is 5.76. The molecule has 0 aliphatic rings. The quantitative estimate of drug-likeness (QED) is 0.281. The Labute approximate surface area is 146 Å². The molecule has 1 aromatic rings. The van der Waals surface area contributed by atoms with Gasteiger partial charge in [0.15, 0.2) is 0 Å². The van der Waals surface area contributed by atoms with Crippen molar-refractivity contribution in [3.63, 3.8) is 0 Å². The summed E-state index contributed by atoms with van der Waals surface area (Å²) in [7, 11) is 1.23. The van der Waals surface area contributed by atoms with Crippen LogP contribution < -0.4 is 5.19 Å². The van der Waals surface area contributed by atoms with Crippen molar-refractivity contribution in [3.8, 4) is 0 Å². The molecule has 0 saturated heterocycles. The average molecular weight is 339 g/mol. The van der Waals surface area contributed by atoms with E-state index in [-0.39, 0.29) is 0 Å². The van der Waals surface area contributed by atoms with E-state index in [2.05, 4.69) is 18.4 Å². The van der Waals surface area contributed by atoms with Crippen LogP contribution in [-0.4, -0.2) is 10.2 Å². The number of unbranched alkanes of at least 4 members (excludes halogenated alkanes) is 13. The first kappa shape index (κ1) is 20.0. The van der Waals surface area contributed by atoms with Crippen LogP contribution in [0.4, 0.5) is 0 Å². The SMILES string of the molecule is CCCCCCCCCCCCCCCCc1sccc1[SiH3]. The van der Waals surface area contributed by atoms with Gasteiger partial charge >= 0.3 is 0 Å². The third kappa shape index (κ3) is 10.6. The van der Waals surface area contributed by atoms with Gasteiger partial charge in [-0.15, -0.1) is 11.3 Å². The van der Waals surface area contributed by atoms with Gasteiger partial charge in [0.2, 0.25) is 0 Å². The summed E-state index contributed by atoms with van der Waals surface area (Å²) >= 11 is 1.97. The largest absolute Gasteiger partial charge is 0.149 e. The zero-order valence-corrected chi connectivity index (χ0v) is 18.0. The summed E-state index contributed by atoms with van der Waals surface area (Å²) < 4.78 is 0. The molecule has 1 aromatic heterocycles. The second kappa shape index (κ2) is 14.5. The van der Waals surface area contributed by atoms with Gasteiger partial charge < -0.3 is 0 Å². The normalized spacial score (nSPS) is 11.3. The molecule has 0 aromatic carbocycles. The molecule has 1 rings (SSSR count). The number of thiophene rings is 1. The molecule has 128 valence electrons. The van der Waals surface area contributed by atoms with Crippen molar-refractivity contribution in [1.29, 1.82) is 0 Å². The molecule has 0 N–H and O–H groups in total. The average Bonchev–Trinajstić information content (AvgIpc) is 2.93. The number of hydrogen-bond donors (Lipinski definition) is 0. The molecule has 0 aliphatic carbocycles. The van der Waals surface area contributed by atoms with Crippen molar-refractivity contribution in [2.24, 2.45) is 0 Å². The molecule has 0 amide bonds. The Bertz CT molecular complexity index is 345. The Kier molecular flexibility index (Phi) is 13.2. The summed E-state index contributed by atoms with van der Waals surface area (Å²) in [6.45, 7) is 2.30. The van der Waals surface area contributed by atoms with Gasteiger partial charge in [-0.25, -0.2) is 0 Å². The molecule has 0 atom stereocenters. The standard InChI is InChI=1S/C20H38SSi/c1-2-3-4-5-6-7-8-9-10-11-12-13-14-15-16-19-20(22)17-18-21-19/h17-18H,2-16H2,1,22H3. The van der Waals surface area contributed by atoms with E-state index in [1.54, 1.807) is 10.1 Å². The summed E-state index contributed by atoms with van der Waals surface area (Å²) in [5, 5.41) is 3.90. The minimum atomic E-state index is 1.23. The molecule has 0 unspecified atom stereocenters. The van der Waals surface area contributed by atoms with E-state index < -0.39 is 0 Å². The Hall–Kier alpha value is -0.0831. The Morgan fingerprint density at radius 1 is 0.727 bits per heavy atom. The van der Waals surface area contributed by atoms with Gasteiger partial charge in [0.05, 0.1) is 0 Å². The van der Waals surface area contributed by atoms with Crippen LogP contribution in [-0.2, 0) is 6.42 Å². The minimum absolute atomic E-state index is 1.23. The lowest BCUT2D eigenvalue weighted by Crippen LogP contribution is -2.03. The van der Waals surface area contributed by atoms with Gasteiger partial charge in [-0.05, 0) is 18.2 Å². The van der Waals surface area contributed by atoms with Crippen molar-refractivity contribution in [1.82, 2.24) is 0 Å². The highest BCUT2D eigenvalue weighted by Gasteiger charge is 1.99. The molecule has 22 heavy (non-hydrogen) atoms. The first-order chi connectivity index (χ1) is 10.8. The Morgan fingerprint density at radius 2 is 1.18 bits per heavy atom. The smallest absolute Gasteiger partial charge is 0.0399 e. The zero-order valence-electron chi connectivity index (χ0n) is 15.2. The molecule has 0 spiro atoms. The van der Waals surface area contributed by atoms with E-state index in [0.717, 1.165) is 0 Å². The highest BCUT2D eigenvalue weighted by Crippen LogP contribution is 2.14. The second-order valence-electron chi connectivity index (χ2n) is 6.87. The third-order valence-electron chi connectivity index (χ3n) is 4.73. The summed E-state index contributed by atoms with van der Waals surface area (Å²) in [5.41, 5.74) is 0. The monoisotopic (exact) mass is 338 g/mol. The number of hydrogen-bond acceptors (Lipinski definition) is 1. The van der Waals surface area contributed by atoms with Gasteiger partial charge in [0.25, 0.3) is 0 Å². The molecule has 0 nitrogen and oxygen atoms in total. The van der Waals surface area contributed by atoms with Gasteiger partial charge in [-0.2, -0.15) is 0 Å². The van der Waals surface area contributed by atoms with Crippen LogP contribution in [0.15, 0.2) is 11.4 Å². The molecule has 2 heteroatoms. The molecule has 0 fully saturated rings. The van der Waals surface area contributed by atoms with Crippen molar-refractivity contribution >= 4 is 26.8 Å². The van der Waals surface area contributed by atoms with Crippen LogP contribution in [0, 0.1) is 0 Å². The maximum absolute atomic E-state index is 2.32. The summed E-state index contributed by atoms with van der Waals surface area (Å²) in [6, 6.07) is 2.32.